The van der Waals surface area contributed by atoms with Crippen LogP contribution in [0, 0.1) is 0 Å². The number of amides is 1. The number of H-pyrrole nitrogens is 1. The van der Waals surface area contributed by atoms with Gasteiger partial charge in [-0.25, -0.2) is 10.4 Å². The van der Waals surface area contributed by atoms with E-state index in [4.69, 9.17) is 5.73 Å². The lowest BCUT2D eigenvalue weighted by atomic mass is 10.2. The van der Waals surface area contributed by atoms with E-state index in [1.54, 1.807) is 12.3 Å². The average Bonchev–Trinajstić information content (AvgIpc) is 2.82. The van der Waals surface area contributed by atoms with Gasteiger partial charge in [-0.1, -0.05) is 0 Å². The molecule has 2 aromatic heterocycles. The smallest absolute Gasteiger partial charge is 0.265 e. The molecule has 76 valence electrons. The van der Waals surface area contributed by atoms with E-state index >= 15 is 0 Å². The Morgan fingerprint density at radius 2 is 2.40 bits per heavy atom. The van der Waals surface area contributed by atoms with Gasteiger partial charge in [0.05, 0.1) is 5.69 Å². The quantitative estimate of drug-likeness (QED) is 0.528. The van der Waals surface area contributed by atoms with E-state index in [-0.39, 0.29) is 0 Å². The van der Waals surface area contributed by atoms with Crippen LogP contribution in [0.2, 0.25) is 0 Å². The van der Waals surface area contributed by atoms with Crippen LogP contribution in [-0.2, 0) is 6.54 Å². The van der Waals surface area contributed by atoms with Gasteiger partial charge in [0, 0.05) is 23.7 Å². The highest BCUT2D eigenvalue weighted by Gasteiger charge is 2.16. The van der Waals surface area contributed by atoms with Crippen molar-refractivity contribution in [1.82, 2.24) is 15.4 Å². The molecule has 1 amide bonds. The van der Waals surface area contributed by atoms with Crippen molar-refractivity contribution in [2.45, 2.75) is 6.54 Å². The number of rotatable bonds is 1. The van der Waals surface area contributed by atoms with Crippen molar-refractivity contribution in [3.8, 4) is 0 Å². The van der Waals surface area contributed by atoms with Crippen molar-refractivity contribution < 1.29 is 4.79 Å². The monoisotopic (exact) mass is 203 g/mol. The Hall–Kier alpha value is -2.08. The second-order valence-corrected chi connectivity index (χ2v) is 3.45. The number of nitrogens with zero attached hydrogens (tertiary/aromatic N) is 1. The number of carbonyl (C=O) groups is 1. The number of aromatic nitrogens is 2. The maximum atomic E-state index is 11.0. The molecule has 0 unspecified atom stereocenters. The number of nitrogens with two attached hydrogens (primary N) is 1. The first-order chi connectivity index (χ1) is 7.25. The molecule has 3 rings (SSSR count). The lowest BCUT2D eigenvalue weighted by Gasteiger charge is -1.98. The first-order valence-corrected chi connectivity index (χ1v) is 4.55. The highest BCUT2D eigenvalue weighted by molar-refractivity contribution is 6.00. The van der Waals surface area contributed by atoms with E-state index < -0.39 is 5.91 Å². The molecule has 15 heavy (non-hydrogen) atoms. The van der Waals surface area contributed by atoms with Crippen LogP contribution in [0.5, 0.6) is 0 Å². The number of aromatic amines is 1. The Bertz CT molecular complexity index is 559. The zero-order valence-corrected chi connectivity index (χ0v) is 7.79. The van der Waals surface area contributed by atoms with E-state index in [0.717, 1.165) is 23.2 Å². The lowest BCUT2D eigenvalue weighted by Crippen LogP contribution is -2.11. The molecule has 0 bridgehead atoms. The molecule has 5 N–H and O–H groups in total. The van der Waals surface area contributed by atoms with Crippen molar-refractivity contribution in [3.05, 3.63) is 23.5 Å². The van der Waals surface area contributed by atoms with Gasteiger partial charge >= 0.3 is 0 Å². The van der Waals surface area contributed by atoms with Crippen LogP contribution in [0.1, 0.15) is 16.1 Å². The molecule has 0 saturated heterocycles. The van der Waals surface area contributed by atoms with Gasteiger partial charge < -0.3 is 16.1 Å². The molecule has 1 aliphatic heterocycles. The zero-order chi connectivity index (χ0) is 10.4. The summed E-state index contributed by atoms with van der Waals surface area (Å²) in [6, 6.07) is 1.71. The number of primary amides is 1. The van der Waals surface area contributed by atoms with E-state index in [2.05, 4.69) is 20.8 Å². The molecule has 0 fully saturated rings. The minimum Gasteiger partial charge on any atom is -0.364 e. The van der Waals surface area contributed by atoms with E-state index in [1.165, 1.54) is 0 Å². The van der Waals surface area contributed by atoms with Crippen molar-refractivity contribution in [2.24, 2.45) is 5.73 Å². The van der Waals surface area contributed by atoms with Crippen molar-refractivity contribution >= 4 is 22.6 Å². The molecule has 0 saturated carbocycles. The summed E-state index contributed by atoms with van der Waals surface area (Å²) < 4.78 is 0. The van der Waals surface area contributed by atoms with Gasteiger partial charge in [-0.15, -0.1) is 0 Å². The topological polar surface area (TPSA) is 95.8 Å². The Morgan fingerprint density at radius 1 is 1.53 bits per heavy atom. The molecule has 3 heterocycles. The van der Waals surface area contributed by atoms with Crippen molar-refractivity contribution in [2.75, 3.05) is 5.43 Å². The first-order valence-electron chi connectivity index (χ1n) is 4.55. The SMILES string of the molecule is NC(=O)c1cc2c3c(cnc2[nH]1)CNN3. The highest BCUT2D eigenvalue weighted by atomic mass is 16.1. The van der Waals surface area contributed by atoms with Gasteiger partial charge in [0.25, 0.3) is 5.91 Å². The number of hydrogen-bond donors (Lipinski definition) is 4. The fourth-order valence-electron chi connectivity index (χ4n) is 1.76. The Kier molecular flexibility index (Phi) is 1.49. The number of fused-ring (bicyclic) bond motifs is 3. The number of nitrogens with one attached hydrogen (secondary N) is 3. The van der Waals surface area contributed by atoms with Crippen molar-refractivity contribution in [3.63, 3.8) is 0 Å². The molecule has 6 heteroatoms. The van der Waals surface area contributed by atoms with Gasteiger partial charge in [0.1, 0.15) is 11.3 Å². The molecule has 0 atom stereocenters. The first kappa shape index (κ1) is 8.25. The summed E-state index contributed by atoms with van der Waals surface area (Å²) in [5.41, 5.74) is 14.3. The summed E-state index contributed by atoms with van der Waals surface area (Å²) in [4.78, 5) is 18.1. The second kappa shape index (κ2) is 2.71. The minimum absolute atomic E-state index is 0.375. The maximum Gasteiger partial charge on any atom is 0.265 e. The van der Waals surface area contributed by atoms with E-state index in [1.807, 2.05) is 0 Å². The highest BCUT2D eigenvalue weighted by Crippen LogP contribution is 2.28. The summed E-state index contributed by atoms with van der Waals surface area (Å²) in [5, 5.41) is 0.881. The third kappa shape index (κ3) is 1.08. The van der Waals surface area contributed by atoms with Crippen molar-refractivity contribution in [1.29, 1.82) is 0 Å². The zero-order valence-electron chi connectivity index (χ0n) is 7.79. The third-order valence-electron chi connectivity index (χ3n) is 2.49. The molecule has 0 aliphatic carbocycles. The number of hydrazine groups is 1. The average molecular weight is 203 g/mol. The van der Waals surface area contributed by atoms with Gasteiger partial charge in [0.2, 0.25) is 0 Å². The lowest BCUT2D eigenvalue weighted by molar-refractivity contribution is 0.0996. The molecule has 1 aliphatic rings. The molecular weight excluding hydrogens is 194 g/mol. The van der Waals surface area contributed by atoms with E-state index in [9.17, 15) is 4.79 Å². The Labute approximate surface area is 84.8 Å². The summed E-state index contributed by atoms with van der Waals surface area (Å²) in [6.07, 6.45) is 1.77. The number of carbonyl (C=O) groups excluding carboxylic acids is 1. The summed E-state index contributed by atoms with van der Waals surface area (Å²) >= 11 is 0. The number of pyridine rings is 1. The molecule has 0 spiro atoms. The largest absolute Gasteiger partial charge is 0.364 e. The van der Waals surface area contributed by atoms with Crippen LogP contribution in [-0.4, -0.2) is 15.9 Å². The summed E-state index contributed by atoms with van der Waals surface area (Å²) in [6.45, 7) is 0.732. The third-order valence-corrected chi connectivity index (χ3v) is 2.49. The molecular formula is C9H9N5O. The molecule has 6 nitrogen and oxygen atoms in total. The Morgan fingerprint density at radius 3 is 3.20 bits per heavy atom. The van der Waals surface area contributed by atoms with E-state index in [0.29, 0.717) is 11.3 Å². The predicted molar refractivity (Wildman–Crippen MR) is 55.1 cm³/mol. The maximum absolute atomic E-state index is 11.0. The predicted octanol–water partition coefficient (Wildman–Crippen LogP) is 0.0919. The normalized spacial score (nSPS) is 13.9. The van der Waals surface area contributed by atoms with Gasteiger partial charge in [-0.2, -0.15) is 0 Å². The summed E-state index contributed by atoms with van der Waals surface area (Å²) in [5.74, 6) is -0.479. The van der Waals surface area contributed by atoms with Crippen LogP contribution < -0.4 is 16.6 Å². The van der Waals surface area contributed by atoms with Crippen LogP contribution in [0.15, 0.2) is 12.3 Å². The van der Waals surface area contributed by atoms with Gasteiger partial charge in [0.15, 0.2) is 0 Å². The second-order valence-electron chi connectivity index (χ2n) is 3.45. The number of anilines is 1. The van der Waals surface area contributed by atoms with Crippen LogP contribution in [0.25, 0.3) is 11.0 Å². The van der Waals surface area contributed by atoms with Crippen LogP contribution in [0.4, 0.5) is 5.69 Å². The molecule has 2 aromatic rings. The van der Waals surface area contributed by atoms with Gasteiger partial charge in [-0.05, 0) is 6.07 Å². The number of hydrogen-bond acceptors (Lipinski definition) is 4. The summed E-state index contributed by atoms with van der Waals surface area (Å²) in [7, 11) is 0. The Balaban J connectivity index is 2.31. The minimum atomic E-state index is -0.479. The van der Waals surface area contributed by atoms with Gasteiger partial charge in [-0.3, -0.25) is 4.79 Å². The van der Waals surface area contributed by atoms with Crippen LogP contribution in [0.3, 0.4) is 0 Å². The fourth-order valence-corrected chi connectivity index (χ4v) is 1.76. The fraction of sp³-hybridized carbons (Fsp3) is 0.111. The molecule has 0 radical (unpaired) electrons. The van der Waals surface area contributed by atoms with Crippen LogP contribution >= 0.6 is 0 Å². The standard InChI is InChI=1S/C9H9N5O/c10-8(15)6-1-5-7-4(3-12-14-7)2-11-9(5)13-6/h1-2,12,14H,3H2,(H2,10,15)(H,11,13). The molecule has 0 aromatic carbocycles.